The van der Waals surface area contributed by atoms with Crippen LogP contribution in [-0.4, -0.2) is 66.1 Å². The van der Waals surface area contributed by atoms with Gasteiger partial charge in [-0.25, -0.2) is 0 Å². The van der Waals surface area contributed by atoms with Crippen LogP contribution in [0.1, 0.15) is 16.9 Å². The molecule has 0 spiro atoms. The van der Waals surface area contributed by atoms with Gasteiger partial charge in [0.05, 0.1) is 6.54 Å². The summed E-state index contributed by atoms with van der Waals surface area (Å²) >= 11 is 13.8. The number of hydrogen-bond donors (Lipinski definition) is 1. The maximum absolute atomic E-state index is 6.27. The highest BCUT2D eigenvalue weighted by Gasteiger charge is 2.16. The number of nitrogens with one attached hydrogen (secondary N) is 1. The Labute approximate surface area is 183 Å². The van der Waals surface area contributed by atoms with Crippen molar-refractivity contribution in [1.82, 2.24) is 14.7 Å². The Morgan fingerprint density at radius 1 is 1.25 bits per heavy atom. The minimum Gasteiger partial charge on any atom is -0.344 e. The molecule has 1 aliphatic heterocycles. The fourth-order valence-corrected chi connectivity index (χ4v) is 4.45. The van der Waals surface area contributed by atoms with Crippen molar-refractivity contribution in [3.8, 4) is 0 Å². The number of rotatable bonds is 7. The van der Waals surface area contributed by atoms with Crippen LogP contribution in [0.4, 0.5) is 5.69 Å². The van der Waals surface area contributed by atoms with Gasteiger partial charge < -0.3 is 20.0 Å². The van der Waals surface area contributed by atoms with Crippen molar-refractivity contribution >= 4 is 46.0 Å². The summed E-state index contributed by atoms with van der Waals surface area (Å²) in [6.45, 7) is 9.54. The predicted molar refractivity (Wildman–Crippen MR) is 126 cm³/mol. The lowest BCUT2D eigenvalue weighted by atomic mass is 10.2. The number of piperazine rings is 1. The smallest absolute Gasteiger partial charge is 0.173 e. The van der Waals surface area contributed by atoms with E-state index in [4.69, 9.17) is 23.8 Å². The summed E-state index contributed by atoms with van der Waals surface area (Å²) in [6.07, 6.45) is 1.10. The van der Waals surface area contributed by atoms with Gasteiger partial charge in [0.25, 0.3) is 0 Å². The largest absolute Gasteiger partial charge is 0.344 e. The zero-order valence-corrected chi connectivity index (χ0v) is 19.0. The summed E-state index contributed by atoms with van der Waals surface area (Å²) in [7, 11) is 2.20. The Balaban J connectivity index is 1.57. The number of benzene rings is 1. The van der Waals surface area contributed by atoms with E-state index in [1.807, 2.05) is 25.1 Å². The molecule has 7 heteroatoms. The second kappa shape index (κ2) is 10.6. The lowest BCUT2D eigenvalue weighted by molar-refractivity contribution is 0.150. The highest BCUT2D eigenvalue weighted by Crippen LogP contribution is 2.21. The van der Waals surface area contributed by atoms with Gasteiger partial charge in [-0.05, 0) is 68.3 Å². The molecule has 0 bridgehead atoms. The first-order chi connectivity index (χ1) is 13.5. The molecule has 0 amide bonds. The van der Waals surface area contributed by atoms with Crippen LogP contribution < -0.4 is 5.32 Å². The number of likely N-dealkylation sites (N-methyl/N-ethyl adjacent to an activating group) is 1. The third-order valence-electron chi connectivity index (χ3n) is 5.14. The average molecular weight is 437 g/mol. The van der Waals surface area contributed by atoms with Gasteiger partial charge >= 0.3 is 0 Å². The number of anilines is 1. The van der Waals surface area contributed by atoms with Crippen LogP contribution in [0.3, 0.4) is 0 Å². The molecule has 1 aliphatic rings. The molecule has 28 heavy (non-hydrogen) atoms. The van der Waals surface area contributed by atoms with E-state index >= 15 is 0 Å². The van der Waals surface area contributed by atoms with Crippen molar-refractivity contribution in [3.63, 3.8) is 0 Å². The lowest BCUT2D eigenvalue weighted by Crippen LogP contribution is -2.45. The standard InChI is InChI=1S/C21H29ClN4S2/c1-17-6-7-18(15-20(17)22)23-21(27)26(16-19-5-3-14-28-19)9-4-8-25-12-10-24(2)11-13-25/h3,5-7,14-15H,4,8-13,16H2,1-2H3,(H,23,27). The highest BCUT2D eigenvalue weighted by atomic mass is 35.5. The Bertz CT molecular complexity index is 758. The topological polar surface area (TPSA) is 21.8 Å². The molecular weight excluding hydrogens is 408 g/mol. The van der Waals surface area contributed by atoms with Crippen molar-refractivity contribution in [3.05, 3.63) is 51.2 Å². The van der Waals surface area contributed by atoms with Gasteiger partial charge in [-0.1, -0.05) is 23.7 Å². The van der Waals surface area contributed by atoms with Crippen LogP contribution >= 0.6 is 35.2 Å². The number of thiocarbonyl (C=S) groups is 1. The van der Waals surface area contributed by atoms with Gasteiger partial charge in [-0.15, -0.1) is 11.3 Å². The third-order valence-corrected chi connectivity index (χ3v) is 6.76. The quantitative estimate of drug-likeness (QED) is 0.641. The van der Waals surface area contributed by atoms with Crippen LogP contribution in [-0.2, 0) is 6.54 Å². The van der Waals surface area contributed by atoms with E-state index in [1.54, 1.807) is 11.3 Å². The van der Waals surface area contributed by atoms with E-state index in [0.29, 0.717) is 0 Å². The maximum Gasteiger partial charge on any atom is 0.173 e. The number of hydrogen-bond acceptors (Lipinski definition) is 4. The van der Waals surface area contributed by atoms with Gasteiger partial charge in [0.15, 0.2) is 5.11 Å². The maximum atomic E-state index is 6.27. The first kappa shape index (κ1) is 21.5. The van der Waals surface area contributed by atoms with Gasteiger partial charge in [0, 0.05) is 48.3 Å². The summed E-state index contributed by atoms with van der Waals surface area (Å²) in [4.78, 5) is 8.54. The molecule has 1 N–H and O–H groups in total. The molecule has 3 rings (SSSR count). The SMILES string of the molecule is Cc1ccc(NC(=S)N(CCCN2CCN(C)CC2)Cc2cccs2)cc1Cl. The van der Waals surface area contributed by atoms with Gasteiger partial charge in [0.1, 0.15) is 0 Å². The number of thiophene rings is 1. The van der Waals surface area contributed by atoms with E-state index in [9.17, 15) is 0 Å². The van der Waals surface area contributed by atoms with Gasteiger partial charge in [0.2, 0.25) is 0 Å². The van der Waals surface area contributed by atoms with Crippen LogP contribution in [0.15, 0.2) is 35.7 Å². The zero-order chi connectivity index (χ0) is 19.9. The number of halogens is 1. The Hall–Kier alpha value is -1.18. The molecule has 4 nitrogen and oxygen atoms in total. The van der Waals surface area contributed by atoms with E-state index in [1.165, 1.54) is 4.88 Å². The Morgan fingerprint density at radius 3 is 2.71 bits per heavy atom. The van der Waals surface area contributed by atoms with Crippen molar-refractivity contribution in [1.29, 1.82) is 0 Å². The molecular formula is C21H29ClN4S2. The molecule has 0 atom stereocenters. The van der Waals surface area contributed by atoms with Crippen molar-refractivity contribution < 1.29 is 0 Å². The van der Waals surface area contributed by atoms with E-state index < -0.39 is 0 Å². The molecule has 1 aromatic heterocycles. The summed E-state index contributed by atoms with van der Waals surface area (Å²) < 4.78 is 0. The van der Waals surface area contributed by atoms with Crippen molar-refractivity contribution in [2.45, 2.75) is 19.9 Å². The third kappa shape index (κ3) is 6.42. The van der Waals surface area contributed by atoms with Crippen molar-refractivity contribution in [2.24, 2.45) is 0 Å². The second-order valence-corrected chi connectivity index (χ2v) is 9.22. The summed E-state index contributed by atoms with van der Waals surface area (Å²) in [5.74, 6) is 0. The first-order valence-corrected chi connectivity index (χ1v) is 11.4. The monoisotopic (exact) mass is 436 g/mol. The molecule has 2 aromatic rings. The van der Waals surface area contributed by atoms with E-state index in [-0.39, 0.29) is 0 Å². The van der Waals surface area contributed by atoms with Crippen LogP contribution in [0.5, 0.6) is 0 Å². The minimum atomic E-state index is 0.756. The number of aryl methyl sites for hydroxylation is 1. The average Bonchev–Trinajstić information content (AvgIpc) is 3.18. The van der Waals surface area contributed by atoms with Crippen LogP contribution in [0, 0.1) is 6.92 Å². The zero-order valence-electron chi connectivity index (χ0n) is 16.7. The fourth-order valence-electron chi connectivity index (χ4n) is 3.27. The lowest BCUT2D eigenvalue weighted by Gasteiger charge is -2.33. The molecule has 2 heterocycles. The Morgan fingerprint density at radius 2 is 2.04 bits per heavy atom. The molecule has 1 aromatic carbocycles. The number of nitrogens with zero attached hydrogens (tertiary/aromatic N) is 3. The van der Waals surface area contributed by atoms with Gasteiger partial charge in [-0.2, -0.15) is 0 Å². The molecule has 0 saturated carbocycles. The molecule has 152 valence electrons. The molecule has 1 saturated heterocycles. The van der Waals surface area contributed by atoms with E-state index in [2.05, 4.69) is 44.6 Å². The predicted octanol–water partition coefficient (Wildman–Crippen LogP) is 4.55. The molecule has 0 aliphatic carbocycles. The highest BCUT2D eigenvalue weighted by molar-refractivity contribution is 7.80. The van der Waals surface area contributed by atoms with Crippen LogP contribution in [0.25, 0.3) is 0 Å². The second-order valence-electron chi connectivity index (χ2n) is 7.39. The summed E-state index contributed by atoms with van der Waals surface area (Å²) in [6, 6.07) is 10.3. The Kier molecular flexibility index (Phi) is 8.11. The first-order valence-electron chi connectivity index (χ1n) is 9.76. The molecule has 0 unspecified atom stereocenters. The molecule has 0 radical (unpaired) electrons. The fraction of sp³-hybridized carbons (Fsp3) is 0.476. The summed E-state index contributed by atoms with van der Waals surface area (Å²) in [5, 5.41) is 7.01. The summed E-state index contributed by atoms with van der Waals surface area (Å²) in [5.41, 5.74) is 2.01. The normalized spacial score (nSPS) is 15.5. The van der Waals surface area contributed by atoms with Crippen molar-refractivity contribution in [2.75, 3.05) is 51.6 Å². The minimum absolute atomic E-state index is 0.756. The molecule has 1 fully saturated rings. The van der Waals surface area contributed by atoms with Crippen LogP contribution in [0.2, 0.25) is 5.02 Å². The van der Waals surface area contributed by atoms with E-state index in [0.717, 1.165) is 73.6 Å². The van der Waals surface area contributed by atoms with Gasteiger partial charge in [-0.3, -0.25) is 0 Å².